The molecule has 0 aliphatic rings. The van der Waals surface area contributed by atoms with Crippen molar-refractivity contribution in [1.82, 2.24) is 4.90 Å². The fraction of sp³-hybridized carbons (Fsp3) is 0.235. The first-order chi connectivity index (χ1) is 9.90. The molecule has 1 amide bonds. The van der Waals surface area contributed by atoms with Crippen LogP contribution in [0.1, 0.15) is 34.5 Å². The maximum atomic E-state index is 12.5. The van der Waals surface area contributed by atoms with Gasteiger partial charge in [0, 0.05) is 12.6 Å². The normalized spacial score (nSPS) is 12.0. The van der Waals surface area contributed by atoms with E-state index in [2.05, 4.69) is 0 Å². The lowest BCUT2D eigenvalue weighted by Gasteiger charge is -2.25. The van der Waals surface area contributed by atoms with Gasteiger partial charge in [-0.3, -0.25) is 4.79 Å². The van der Waals surface area contributed by atoms with E-state index in [0.717, 1.165) is 5.56 Å². The number of hydrogen-bond acceptors (Lipinski definition) is 2. The van der Waals surface area contributed by atoms with Crippen molar-refractivity contribution in [2.75, 3.05) is 12.8 Å². The second-order valence-electron chi connectivity index (χ2n) is 5.24. The second-order valence-corrected chi connectivity index (χ2v) is 5.65. The highest BCUT2D eigenvalue weighted by atomic mass is 35.5. The summed E-state index contributed by atoms with van der Waals surface area (Å²) in [6.07, 6.45) is 0. The van der Waals surface area contributed by atoms with E-state index in [4.69, 9.17) is 17.3 Å². The molecule has 0 heterocycles. The zero-order chi connectivity index (χ0) is 15.6. The minimum atomic E-state index is -0.0774. The summed E-state index contributed by atoms with van der Waals surface area (Å²) in [5, 5.41) is 0.459. The van der Waals surface area contributed by atoms with Crippen LogP contribution in [0.4, 0.5) is 5.69 Å². The summed E-state index contributed by atoms with van der Waals surface area (Å²) in [6.45, 7) is 4.04. The van der Waals surface area contributed by atoms with E-state index in [0.29, 0.717) is 16.3 Å². The van der Waals surface area contributed by atoms with Crippen LogP contribution < -0.4 is 5.73 Å². The summed E-state index contributed by atoms with van der Waals surface area (Å²) in [5.74, 6) is -0.0774. The maximum Gasteiger partial charge on any atom is 0.254 e. The van der Waals surface area contributed by atoms with Gasteiger partial charge in [0.05, 0.1) is 16.8 Å². The van der Waals surface area contributed by atoms with Gasteiger partial charge in [-0.2, -0.15) is 0 Å². The highest BCUT2D eigenvalue weighted by Crippen LogP contribution is 2.24. The van der Waals surface area contributed by atoms with Crippen molar-refractivity contribution in [3.8, 4) is 0 Å². The molecule has 0 aliphatic heterocycles. The SMILES string of the molecule is Cc1ccc(C(C)N(C)C(=O)c2ccc(Cl)c(N)c2)cc1. The van der Waals surface area contributed by atoms with Crippen molar-refractivity contribution >= 4 is 23.2 Å². The number of rotatable bonds is 3. The van der Waals surface area contributed by atoms with Gasteiger partial charge in [-0.25, -0.2) is 0 Å². The summed E-state index contributed by atoms with van der Waals surface area (Å²) in [5.41, 5.74) is 9.01. The standard InChI is InChI=1S/C17H19ClN2O/c1-11-4-6-13(7-5-11)12(2)20(3)17(21)14-8-9-15(18)16(19)10-14/h4-10,12H,19H2,1-3H3. The van der Waals surface area contributed by atoms with Crippen LogP contribution in [0.25, 0.3) is 0 Å². The fourth-order valence-electron chi connectivity index (χ4n) is 2.12. The Morgan fingerprint density at radius 2 is 1.81 bits per heavy atom. The molecular weight excluding hydrogens is 284 g/mol. The second kappa shape index (κ2) is 6.19. The molecular formula is C17H19ClN2O. The Kier molecular flexibility index (Phi) is 4.53. The Balaban J connectivity index is 2.21. The van der Waals surface area contributed by atoms with Gasteiger partial charge >= 0.3 is 0 Å². The number of hydrogen-bond donors (Lipinski definition) is 1. The quantitative estimate of drug-likeness (QED) is 0.869. The lowest BCUT2D eigenvalue weighted by atomic mass is 10.0. The molecule has 4 heteroatoms. The summed E-state index contributed by atoms with van der Waals surface area (Å²) >= 11 is 5.89. The largest absolute Gasteiger partial charge is 0.398 e. The Morgan fingerprint density at radius 1 is 1.19 bits per heavy atom. The summed E-state index contributed by atoms with van der Waals surface area (Å²) in [6, 6.07) is 13.1. The Hall–Kier alpha value is -2.00. The number of halogens is 1. The van der Waals surface area contributed by atoms with Gasteiger partial charge in [0.15, 0.2) is 0 Å². The van der Waals surface area contributed by atoms with E-state index in [9.17, 15) is 4.79 Å². The third kappa shape index (κ3) is 3.37. The molecule has 0 bridgehead atoms. The summed E-state index contributed by atoms with van der Waals surface area (Å²) in [7, 11) is 1.79. The summed E-state index contributed by atoms with van der Waals surface area (Å²) in [4.78, 5) is 14.2. The molecule has 2 aromatic carbocycles. The number of nitrogens with two attached hydrogens (primary N) is 1. The van der Waals surface area contributed by atoms with Crippen molar-refractivity contribution in [2.24, 2.45) is 0 Å². The molecule has 1 unspecified atom stereocenters. The van der Waals surface area contributed by atoms with Crippen LogP contribution in [0.15, 0.2) is 42.5 Å². The van der Waals surface area contributed by atoms with Gasteiger partial charge in [-0.05, 0) is 37.6 Å². The zero-order valence-corrected chi connectivity index (χ0v) is 13.2. The van der Waals surface area contributed by atoms with Crippen LogP contribution in [0.5, 0.6) is 0 Å². The van der Waals surface area contributed by atoms with Crippen molar-refractivity contribution in [2.45, 2.75) is 19.9 Å². The molecule has 0 saturated carbocycles. The van der Waals surface area contributed by atoms with Crippen molar-refractivity contribution in [3.63, 3.8) is 0 Å². The van der Waals surface area contributed by atoms with E-state index >= 15 is 0 Å². The van der Waals surface area contributed by atoms with Gasteiger partial charge in [-0.15, -0.1) is 0 Å². The van der Waals surface area contributed by atoms with Crippen molar-refractivity contribution in [3.05, 3.63) is 64.2 Å². The Morgan fingerprint density at radius 3 is 2.38 bits per heavy atom. The van der Waals surface area contributed by atoms with Crippen LogP contribution >= 0.6 is 11.6 Å². The Bertz CT molecular complexity index is 652. The molecule has 2 rings (SSSR count). The van der Waals surface area contributed by atoms with Crippen molar-refractivity contribution in [1.29, 1.82) is 0 Å². The molecule has 0 spiro atoms. The zero-order valence-electron chi connectivity index (χ0n) is 12.4. The first kappa shape index (κ1) is 15.4. The number of aryl methyl sites for hydroxylation is 1. The molecule has 3 nitrogen and oxygen atoms in total. The first-order valence-corrected chi connectivity index (χ1v) is 7.16. The number of benzene rings is 2. The smallest absolute Gasteiger partial charge is 0.254 e. The predicted octanol–water partition coefficient (Wildman–Crippen LogP) is 4.06. The molecule has 0 radical (unpaired) electrons. The predicted molar refractivity (Wildman–Crippen MR) is 87.6 cm³/mol. The molecule has 0 aromatic heterocycles. The number of nitrogens with zero attached hydrogens (tertiary/aromatic N) is 1. The van der Waals surface area contributed by atoms with Gasteiger partial charge in [-0.1, -0.05) is 41.4 Å². The van der Waals surface area contributed by atoms with Crippen molar-refractivity contribution < 1.29 is 4.79 Å². The average molecular weight is 303 g/mol. The number of carbonyl (C=O) groups excluding carboxylic acids is 1. The van der Waals surface area contributed by atoms with Crippen LogP contribution in [-0.2, 0) is 0 Å². The van der Waals surface area contributed by atoms with E-state index < -0.39 is 0 Å². The average Bonchev–Trinajstić information content (AvgIpc) is 2.48. The van der Waals surface area contributed by atoms with E-state index in [1.54, 1.807) is 30.1 Å². The van der Waals surface area contributed by atoms with Gasteiger partial charge in [0.25, 0.3) is 5.91 Å². The highest BCUT2D eigenvalue weighted by molar-refractivity contribution is 6.33. The molecule has 1 atom stereocenters. The van der Waals surface area contributed by atoms with Crippen LogP contribution in [0, 0.1) is 6.92 Å². The molecule has 0 saturated heterocycles. The highest BCUT2D eigenvalue weighted by Gasteiger charge is 2.19. The van der Waals surface area contributed by atoms with Gasteiger partial charge < -0.3 is 10.6 Å². The summed E-state index contributed by atoms with van der Waals surface area (Å²) < 4.78 is 0. The fourth-order valence-corrected chi connectivity index (χ4v) is 2.24. The minimum Gasteiger partial charge on any atom is -0.398 e. The first-order valence-electron chi connectivity index (χ1n) is 6.79. The van der Waals surface area contributed by atoms with E-state index in [-0.39, 0.29) is 11.9 Å². The molecule has 110 valence electrons. The monoisotopic (exact) mass is 302 g/mol. The number of carbonyl (C=O) groups is 1. The molecule has 21 heavy (non-hydrogen) atoms. The third-order valence-corrected chi connectivity index (χ3v) is 4.05. The molecule has 0 fully saturated rings. The number of nitrogen functional groups attached to an aromatic ring is 1. The van der Waals surface area contributed by atoms with Crippen LogP contribution in [0.2, 0.25) is 5.02 Å². The molecule has 2 N–H and O–H groups in total. The molecule has 0 aliphatic carbocycles. The topological polar surface area (TPSA) is 46.3 Å². The minimum absolute atomic E-state index is 0.0185. The van der Waals surface area contributed by atoms with Gasteiger partial charge in [0.2, 0.25) is 0 Å². The van der Waals surface area contributed by atoms with E-state index in [1.807, 2.05) is 38.1 Å². The molecule has 2 aromatic rings. The van der Waals surface area contributed by atoms with E-state index in [1.165, 1.54) is 5.56 Å². The van der Waals surface area contributed by atoms with Crippen LogP contribution in [0.3, 0.4) is 0 Å². The lowest BCUT2D eigenvalue weighted by Crippen LogP contribution is -2.29. The third-order valence-electron chi connectivity index (χ3n) is 3.70. The maximum absolute atomic E-state index is 12.5. The Labute approximate surface area is 130 Å². The van der Waals surface area contributed by atoms with Crippen LogP contribution in [-0.4, -0.2) is 17.9 Å². The lowest BCUT2D eigenvalue weighted by molar-refractivity contribution is 0.0742. The number of amides is 1. The number of anilines is 1. The van der Waals surface area contributed by atoms with Gasteiger partial charge in [0.1, 0.15) is 0 Å².